The lowest BCUT2D eigenvalue weighted by atomic mass is 10.2. The Kier molecular flexibility index (Phi) is 2.60. The zero-order chi connectivity index (χ0) is 13.2. The van der Waals surface area contributed by atoms with Crippen LogP contribution in [0.5, 0.6) is 0 Å². The van der Waals surface area contributed by atoms with Gasteiger partial charge in [-0.3, -0.25) is 14.7 Å². The van der Waals surface area contributed by atoms with Gasteiger partial charge < -0.3 is 10.3 Å². The van der Waals surface area contributed by atoms with E-state index in [2.05, 4.69) is 20.5 Å². The molecule has 0 saturated carbocycles. The molecule has 2 aromatic heterocycles. The Morgan fingerprint density at radius 3 is 2.89 bits per heavy atom. The van der Waals surface area contributed by atoms with Crippen LogP contribution in [0.25, 0.3) is 10.9 Å². The highest BCUT2D eigenvalue weighted by atomic mass is 16.2. The molecule has 0 aliphatic heterocycles. The van der Waals surface area contributed by atoms with Crippen LogP contribution in [0.2, 0.25) is 0 Å². The van der Waals surface area contributed by atoms with Crippen molar-refractivity contribution in [1.82, 2.24) is 15.2 Å². The van der Waals surface area contributed by atoms with Gasteiger partial charge in [0.2, 0.25) is 5.56 Å². The van der Waals surface area contributed by atoms with Gasteiger partial charge in [-0.2, -0.15) is 5.10 Å². The van der Waals surface area contributed by atoms with E-state index in [4.69, 9.17) is 0 Å². The maximum atomic E-state index is 12.0. The fourth-order valence-corrected chi connectivity index (χ4v) is 1.82. The zero-order valence-electron chi connectivity index (χ0n) is 9.81. The van der Waals surface area contributed by atoms with Crippen molar-refractivity contribution in [3.8, 4) is 0 Å². The van der Waals surface area contributed by atoms with E-state index < -0.39 is 0 Å². The summed E-state index contributed by atoms with van der Waals surface area (Å²) in [5.41, 5.74) is 0.805. The van der Waals surface area contributed by atoms with Gasteiger partial charge in [0.25, 0.3) is 5.91 Å². The fourth-order valence-electron chi connectivity index (χ4n) is 1.82. The number of H-pyrrole nitrogens is 2. The van der Waals surface area contributed by atoms with E-state index in [1.54, 1.807) is 0 Å². The highest BCUT2D eigenvalue weighted by molar-refractivity contribution is 6.07. The Bertz CT molecular complexity index is 803. The molecule has 3 rings (SSSR count). The summed E-state index contributed by atoms with van der Waals surface area (Å²) in [6, 6.07) is 10.2. The molecule has 6 heteroatoms. The summed E-state index contributed by atoms with van der Waals surface area (Å²) < 4.78 is 0. The normalized spacial score (nSPS) is 10.5. The first-order chi connectivity index (χ1) is 9.24. The quantitative estimate of drug-likeness (QED) is 0.647. The van der Waals surface area contributed by atoms with E-state index in [-0.39, 0.29) is 17.0 Å². The number of fused-ring (bicyclic) bond motifs is 1. The summed E-state index contributed by atoms with van der Waals surface area (Å²) in [7, 11) is 0. The predicted octanol–water partition coefficient (Wildman–Crippen LogP) is 1.50. The van der Waals surface area contributed by atoms with Crippen LogP contribution in [-0.2, 0) is 0 Å². The third-order valence-electron chi connectivity index (χ3n) is 2.74. The summed E-state index contributed by atoms with van der Waals surface area (Å²) in [6.07, 6.45) is 1.43. The minimum atomic E-state index is -0.372. The van der Waals surface area contributed by atoms with E-state index in [1.165, 1.54) is 18.3 Å². The lowest BCUT2D eigenvalue weighted by Crippen LogP contribution is -2.15. The number of carbonyl (C=O) groups is 1. The second-order valence-corrected chi connectivity index (χ2v) is 4.01. The average Bonchev–Trinajstić information content (AvgIpc) is 2.82. The SMILES string of the molecule is O=C(Nc1n[nH]c2ccccc12)c1cc[nH]c(=O)c1. The zero-order valence-corrected chi connectivity index (χ0v) is 9.81. The molecular weight excluding hydrogens is 244 g/mol. The van der Waals surface area contributed by atoms with Gasteiger partial charge in [-0.25, -0.2) is 0 Å². The number of aromatic nitrogens is 3. The molecule has 3 aromatic rings. The summed E-state index contributed by atoms with van der Waals surface area (Å²) in [5, 5.41) is 10.4. The Balaban J connectivity index is 1.93. The molecule has 19 heavy (non-hydrogen) atoms. The molecule has 1 aromatic carbocycles. The standard InChI is InChI=1S/C13H10N4O2/c18-11-7-8(5-6-14-11)13(19)15-12-9-3-1-2-4-10(9)16-17-12/h1-7H,(H,14,18)(H2,15,16,17,19). The Morgan fingerprint density at radius 2 is 2.05 bits per heavy atom. The maximum absolute atomic E-state index is 12.0. The number of hydrogen-bond acceptors (Lipinski definition) is 3. The molecule has 0 spiro atoms. The topological polar surface area (TPSA) is 90.6 Å². The van der Waals surface area contributed by atoms with Gasteiger partial charge in [0.15, 0.2) is 5.82 Å². The Labute approximate surface area is 107 Å². The summed E-state index contributed by atoms with van der Waals surface area (Å²) in [5.74, 6) is 0.0734. The number of para-hydroxylation sites is 1. The van der Waals surface area contributed by atoms with Crippen LogP contribution in [0.3, 0.4) is 0 Å². The third kappa shape index (κ3) is 2.11. The van der Waals surface area contributed by atoms with E-state index in [9.17, 15) is 9.59 Å². The van der Waals surface area contributed by atoms with Crippen molar-refractivity contribution in [3.63, 3.8) is 0 Å². The largest absolute Gasteiger partial charge is 0.329 e. The van der Waals surface area contributed by atoms with Crippen LogP contribution < -0.4 is 10.9 Å². The van der Waals surface area contributed by atoms with E-state index in [1.807, 2.05) is 24.3 Å². The highest BCUT2D eigenvalue weighted by Crippen LogP contribution is 2.19. The molecule has 3 N–H and O–H groups in total. The molecule has 0 aliphatic carbocycles. The van der Waals surface area contributed by atoms with Gasteiger partial charge in [-0.05, 0) is 18.2 Å². The van der Waals surface area contributed by atoms with E-state index in [0.29, 0.717) is 5.82 Å². The van der Waals surface area contributed by atoms with Crippen molar-refractivity contribution in [3.05, 3.63) is 58.5 Å². The Morgan fingerprint density at radius 1 is 1.21 bits per heavy atom. The number of carbonyl (C=O) groups excluding carboxylic acids is 1. The summed E-state index contributed by atoms with van der Waals surface area (Å²) in [6.45, 7) is 0. The molecule has 1 amide bonds. The van der Waals surface area contributed by atoms with Gasteiger partial charge in [-0.15, -0.1) is 0 Å². The van der Waals surface area contributed by atoms with Crippen LogP contribution in [0.4, 0.5) is 5.82 Å². The molecule has 0 fully saturated rings. The van der Waals surface area contributed by atoms with E-state index in [0.717, 1.165) is 10.9 Å². The van der Waals surface area contributed by atoms with Crippen molar-refractivity contribution >= 4 is 22.6 Å². The maximum Gasteiger partial charge on any atom is 0.257 e. The second-order valence-electron chi connectivity index (χ2n) is 4.01. The predicted molar refractivity (Wildman–Crippen MR) is 71.1 cm³/mol. The first-order valence-electron chi connectivity index (χ1n) is 5.67. The van der Waals surface area contributed by atoms with Crippen molar-refractivity contribution < 1.29 is 4.79 Å². The number of amides is 1. The van der Waals surface area contributed by atoms with Crippen molar-refractivity contribution in [1.29, 1.82) is 0 Å². The van der Waals surface area contributed by atoms with Crippen LogP contribution in [0.1, 0.15) is 10.4 Å². The number of hydrogen-bond donors (Lipinski definition) is 3. The van der Waals surface area contributed by atoms with Crippen molar-refractivity contribution in [2.24, 2.45) is 0 Å². The number of anilines is 1. The molecular formula is C13H10N4O2. The lowest BCUT2D eigenvalue weighted by Gasteiger charge is -2.01. The van der Waals surface area contributed by atoms with Crippen LogP contribution in [0.15, 0.2) is 47.4 Å². The van der Waals surface area contributed by atoms with Gasteiger partial charge in [0.1, 0.15) is 0 Å². The molecule has 0 radical (unpaired) electrons. The molecule has 0 unspecified atom stereocenters. The van der Waals surface area contributed by atoms with Crippen LogP contribution in [0, 0.1) is 0 Å². The molecule has 0 aliphatic rings. The Hall–Kier alpha value is -2.89. The number of rotatable bonds is 2. The molecule has 0 atom stereocenters. The number of pyridine rings is 1. The van der Waals surface area contributed by atoms with Gasteiger partial charge in [0, 0.05) is 23.2 Å². The highest BCUT2D eigenvalue weighted by Gasteiger charge is 2.10. The minimum Gasteiger partial charge on any atom is -0.329 e. The van der Waals surface area contributed by atoms with E-state index >= 15 is 0 Å². The van der Waals surface area contributed by atoms with Crippen molar-refractivity contribution in [2.45, 2.75) is 0 Å². The molecule has 0 bridgehead atoms. The first kappa shape index (κ1) is 11.2. The second kappa shape index (κ2) is 4.41. The number of aromatic amines is 2. The summed E-state index contributed by atoms with van der Waals surface area (Å²) >= 11 is 0. The molecule has 2 heterocycles. The van der Waals surface area contributed by atoms with Crippen molar-refractivity contribution in [2.75, 3.05) is 5.32 Å². The first-order valence-corrected chi connectivity index (χ1v) is 5.67. The lowest BCUT2D eigenvalue weighted by molar-refractivity contribution is 0.102. The van der Waals surface area contributed by atoms with Crippen LogP contribution in [-0.4, -0.2) is 21.1 Å². The smallest absolute Gasteiger partial charge is 0.257 e. The number of nitrogens with zero attached hydrogens (tertiary/aromatic N) is 1. The van der Waals surface area contributed by atoms with Gasteiger partial charge >= 0.3 is 0 Å². The monoisotopic (exact) mass is 254 g/mol. The minimum absolute atomic E-state index is 0.288. The summed E-state index contributed by atoms with van der Waals surface area (Å²) in [4.78, 5) is 25.6. The van der Waals surface area contributed by atoms with Gasteiger partial charge in [0.05, 0.1) is 5.52 Å². The van der Waals surface area contributed by atoms with Crippen LogP contribution >= 0.6 is 0 Å². The third-order valence-corrected chi connectivity index (χ3v) is 2.74. The molecule has 94 valence electrons. The fraction of sp³-hybridized carbons (Fsp3) is 0. The number of nitrogens with one attached hydrogen (secondary N) is 3. The number of benzene rings is 1. The van der Waals surface area contributed by atoms with Gasteiger partial charge in [-0.1, -0.05) is 12.1 Å². The molecule has 0 saturated heterocycles. The average molecular weight is 254 g/mol. The molecule has 6 nitrogen and oxygen atoms in total.